The summed E-state index contributed by atoms with van der Waals surface area (Å²) in [6.07, 6.45) is 5.10. The van der Waals surface area contributed by atoms with E-state index in [-0.39, 0.29) is 35.9 Å². The van der Waals surface area contributed by atoms with Gasteiger partial charge in [0.05, 0.1) is 18.4 Å². The summed E-state index contributed by atoms with van der Waals surface area (Å²) in [5, 5.41) is 0. The lowest BCUT2D eigenvalue weighted by atomic mass is 9.83. The second kappa shape index (κ2) is 7.86. The number of nitrogens with zero attached hydrogens (tertiary/aromatic N) is 3. The molecule has 0 aliphatic rings. The first-order chi connectivity index (χ1) is 9.82. The molecule has 1 atom stereocenters. The van der Waals surface area contributed by atoms with E-state index in [2.05, 4.69) is 9.97 Å². The van der Waals surface area contributed by atoms with Gasteiger partial charge in [-0.2, -0.15) is 0 Å². The van der Waals surface area contributed by atoms with Crippen LogP contribution in [0, 0.1) is 17.8 Å². The average molecular weight is 291 g/mol. The number of Topliss-reactive ketones (excluding diaryl/α,β-unsaturated/α-hetero) is 1. The fourth-order valence-corrected chi connectivity index (χ4v) is 2.18. The fraction of sp³-hybridized carbons (Fsp3) is 0.625. The van der Waals surface area contributed by atoms with E-state index in [0.29, 0.717) is 6.54 Å². The van der Waals surface area contributed by atoms with Crippen molar-refractivity contribution in [1.29, 1.82) is 0 Å². The average Bonchev–Trinajstić information content (AvgIpc) is 2.44. The van der Waals surface area contributed by atoms with E-state index in [0.717, 1.165) is 5.69 Å². The highest BCUT2D eigenvalue weighted by Gasteiger charge is 2.28. The summed E-state index contributed by atoms with van der Waals surface area (Å²) in [4.78, 5) is 34.3. The quantitative estimate of drug-likeness (QED) is 0.773. The standard InChI is InChI=1S/C16H25N3O2/c1-11(2)14(16(21)12(3)4)8-15(20)19(5)10-13-9-17-6-7-18-13/h6-7,9,11-12,14H,8,10H2,1-5H3. The van der Waals surface area contributed by atoms with Crippen LogP contribution < -0.4 is 0 Å². The first kappa shape index (κ1) is 17.3. The maximum Gasteiger partial charge on any atom is 0.223 e. The molecule has 21 heavy (non-hydrogen) atoms. The van der Waals surface area contributed by atoms with Gasteiger partial charge >= 0.3 is 0 Å². The molecule has 5 heteroatoms. The molecule has 1 rings (SSSR count). The zero-order valence-electron chi connectivity index (χ0n) is 13.5. The summed E-state index contributed by atoms with van der Waals surface area (Å²) in [6.45, 7) is 8.14. The van der Waals surface area contributed by atoms with Crippen molar-refractivity contribution in [3.8, 4) is 0 Å². The maximum atomic E-state index is 12.3. The predicted molar refractivity (Wildman–Crippen MR) is 81.3 cm³/mol. The maximum absolute atomic E-state index is 12.3. The van der Waals surface area contributed by atoms with Crippen LogP contribution in [0.3, 0.4) is 0 Å². The lowest BCUT2D eigenvalue weighted by molar-refractivity contribution is -0.137. The SMILES string of the molecule is CC(C)C(=O)C(CC(=O)N(C)Cc1cnccn1)C(C)C. The van der Waals surface area contributed by atoms with Gasteiger partial charge in [0.15, 0.2) is 0 Å². The molecule has 1 amide bonds. The van der Waals surface area contributed by atoms with Gasteiger partial charge in [0.25, 0.3) is 0 Å². The van der Waals surface area contributed by atoms with Gasteiger partial charge in [-0.05, 0) is 5.92 Å². The van der Waals surface area contributed by atoms with Gasteiger partial charge in [-0.25, -0.2) is 0 Å². The van der Waals surface area contributed by atoms with Gasteiger partial charge in [-0.15, -0.1) is 0 Å². The number of aromatic nitrogens is 2. The summed E-state index contributed by atoms with van der Waals surface area (Å²) in [5.41, 5.74) is 0.740. The lowest BCUT2D eigenvalue weighted by Crippen LogP contribution is -2.33. The van der Waals surface area contributed by atoms with E-state index < -0.39 is 0 Å². The van der Waals surface area contributed by atoms with Gasteiger partial charge in [-0.3, -0.25) is 19.6 Å². The summed E-state index contributed by atoms with van der Waals surface area (Å²) in [5.74, 6) is 0.0191. The molecule has 0 radical (unpaired) electrons. The van der Waals surface area contributed by atoms with Crippen LogP contribution in [0.15, 0.2) is 18.6 Å². The van der Waals surface area contributed by atoms with Crippen LogP contribution in [0.1, 0.15) is 39.8 Å². The number of hydrogen-bond donors (Lipinski definition) is 0. The van der Waals surface area contributed by atoms with Crippen LogP contribution in [-0.4, -0.2) is 33.6 Å². The molecular formula is C16H25N3O2. The van der Waals surface area contributed by atoms with E-state index in [1.54, 1.807) is 30.5 Å². The molecule has 0 saturated heterocycles. The second-order valence-corrected chi connectivity index (χ2v) is 6.06. The van der Waals surface area contributed by atoms with Gasteiger partial charge < -0.3 is 4.90 Å². The Morgan fingerprint density at radius 1 is 1.19 bits per heavy atom. The number of hydrogen-bond acceptors (Lipinski definition) is 4. The minimum Gasteiger partial charge on any atom is -0.340 e. The monoisotopic (exact) mass is 291 g/mol. The van der Waals surface area contributed by atoms with Gasteiger partial charge in [0.2, 0.25) is 5.91 Å². The molecule has 0 aliphatic carbocycles. The molecule has 0 saturated carbocycles. The first-order valence-corrected chi connectivity index (χ1v) is 7.35. The van der Waals surface area contributed by atoms with Gasteiger partial charge in [0, 0.05) is 37.7 Å². The molecule has 0 bridgehead atoms. The Bertz CT molecular complexity index is 472. The molecule has 0 aromatic carbocycles. The Balaban J connectivity index is 2.67. The Morgan fingerprint density at radius 2 is 1.86 bits per heavy atom. The van der Waals surface area contributed by atoms with Crippen molar-refractivity contribution in [3.63, 3.8) is 0 Å². The molecule has 1 aromatic rings. The minimum absolute atomic E-state index is 0.0339. The summed E-state index contributed by atoms with van der Waals surface area (Å²) < 4.78 is 0. The highest BCUT2D eigenvalue weighted by Crippen LogP contribution is 2.21. The topological polar surface area (TPSA) is 63.2 Å². The molecule has 1 aromatic heterocycles. The van der Waals surface area contributed by atoms with Crippen LogP contribution in [0.25, 0.3) is 0 Å². The molecule has 0 N–H and O–H groups in total. The van der Waals surface area contributed by atoms with Crippen LogP contribution in [0.4, 0.5) is 0 Å². The third kappa shape index (κ3) is 5.25. The molecule has 116 valence electrons. The smallest absolute Gasteiger partial charge is 0.223 e. The Kier molecular flexibility index (Phi) is 6.46. The number of ketones is 1. The van der Waals surface area contributed by atoms with Crippen LogP contribution in [-0.2, 0) is 16.1 Å². The van der Waals surface area contributed by atoms with Crippen LogP contribution in [0.2, 0.25) is 0 Å². The van der Waals surface area contributed by atoms with E-state index in [1.165, 1.54) is 0 Å². The van der Waals surface area contributed by atoms with Crippen molar-refractivity contribution >= 4 is 11.7 Å². The summed E-state index contributed by atoms with van der Waals surface area (Å²) in [7, 11) is 1.73. The third-order valence-corrected chi connectivity index (χ3v) is 3.58. The Labute approximate surface area is 126 Å². The van der Waals surface area contributed by atoms with Crippen molar-refractivity contribution in [3.05, 3.63) is 24.3 Å². The van der Waals surface area contributed by atoms with E-state index >= 15 is 0 Å². The highest BCUT2D eigenvalue weighted by molar-refractivity contribution is 5.88. The Morgan fingerprint density at radius 3 is 2.33 bits per heavy atom. The van der Waals surface area contributed by atoms with Crippen LogP contribution in [0.5, 0.6) is 0 Å². The highest BCUT2D eigenvalue weighted by atomic mass is 16.2. The number of carbonyl (C=O) groups excluding carboxylic acids is 2. The lowest BCUT2D eigenvalue weighted by Gasteiger charge is -2.24. The fourth-order valence-electron chi connectivity index (χ4n) is 2.18. The van der Waals surface area contributed by atoms with E-state index in [4.69, 9.17) is 0 Å². The summed E-state index contributed by atoms with van der Waals surface area (Å²) in [6, 6.07) is 0. The number of amides is 1. The molecule has 1 heterocycles. The molecule has 0 spiro atoms. The molecule has 1 unspecified atom stereocenters. The number of rotatable bonds is 7. The molecule has 0 aliphatic heterocycles. The van der Waals surface area contributed by atoms with E-state index in [9.17, 15) is 9.59 Å². The zero-order valence-corrected chi connectivity index (χ0v) is 13.5. The normalized spacial score (nSPS) is 12.5. The van der Waals surface area contributed by atoms with E-state index in [1.807, 2.05) is 27.7 Å². The summed E-state index contributed by atoms with van der Waals surface area (Å²) >= 11 is 0. The van der Waals surface area contributed by atoms with Crippen molar-refractivity contribution in [1.82, 2.24) is 14.9 Å². The first-order valence-electron chi connectivity index (χ1n) is 7.35. The van der Waals surface area contributed by atoms with Crippen molar-refractivity contribution in [2.75, 3.05) is 7.05 Å². The Hall–Kier alpha value is -1.78. The number of carbonyl (C=O) groups is 2. The third-order valence-electron chi connectivity index (χ3n) is 3.58. The van der Waals surface area contributed by atoms with Gasteiger partial charge in [-0.1, -0.05) is 27.7 Å². The van der Waals surface area contributed by atoms with Crippen molar-refractivity contribution in [2.45, 2.75) is 40.7 Å². The van der Waals surface area contributed by atoms with Crippen molar-refractivity contribution in [2.24, 2.45) is 17.8 Å². The molecular weight excluding hydrogens is 266 g/mol. The van der Waals surface area contributed by atoms with Crippen LogP contribution >= 0.6 is 0 Å². The van der Waals surface area contributed by atoms with Crippen molar-refractivity contribution < 1.29 is 9.59 Å². The largest absolute Gasteiger partial charge is 0.340 e. The molecule has 5 nitrogen and oxygen atoms in total. The molecule has 0 fully saturated rings. The predicted octanol–water partition coefficient (Wildman–Crippen LogP) is 2.32. The second-order valence-electron chi connectivity index (χ2n) is 6.06. The van der Waals surface area contributed by atoms with Gasteiger partial charge in [0.1, 0.15) is 5.78 Å². The minimum atomic E-state index is -0.221. The zero-order chi connectivity index (χ0) is 16.0.